The van der Waals surface area contributed by atoms with Gasteiger partial charge in [-0.15, -0.1) is 0 Å². The van der Waals surface area contributed by atoms with Crippen LogP contribution in [0.4, 0.5) is 10.1 Å². The zero-order chi connectivity index (χ0) is 23.1. The average Bonchev–Trinajstić information content (AvgIpc) is 3.48. The van der Waals surface area contributed by atoms with Crippen molar-refractivity contribution in [2.75, 3.05) is 38.2 Å². The fourth-order valence-electron chi connectivity index (χ4n) is 4.33. The van der Waals surface area contributed by atoms with Crippen molar-refractivity contribution in [3.8, 4) is 0 Å². The molecule has 1 aliphatic rings. The SMILES string of the molecule is COC(=O)c1cc(N2CCN(C(=O)C(=O)c3c[nH]c4ccc(F)cc34)CC2)c2cc[nH]c2c1. The van der Waals surface area contributed by atoms with Gasteiger partial charge in [-0.1, -0.05) is 0 Å². The summed E-state index contributed by atoms with van der Waals surface area (Å²) in [5.74, 6) is -2.18. The number of carbonyl (C=O) groups is 3. The highest BCUT2D eigenvalue weighted by Crippen LogP contribution is 2.30. The molecular formula is C24H21FN4O4. The molecule has 0 unspecified atom stereocenters. The molecule has 9 heteroatoms. The molecule has 0 bridgehead atoms. The monoisotopic (exact) mass is 448 g/mol. The first kappa shape index (κ1) is 20.7. The van der Waals surface area contributed by atoms with E-state index >= 15 is 0 Å². The first-order chi connectivity index (χ1) is 16.0. The summed E-state index contributed by atoms with van der Waals surface area (Å²) in [6.07, 6.45) is 3.25. The molecule has 2 N–H and O–H groups in total. The summed E-state index contributed by atoms with van der Waals surface area (Å²) in [6.45, 7) is 1.67. The smallest absolute Gasteiger partial charge is 0.337 e. The predicted molar refractivity (Wildman–Crippen MR) is 121 cm³/mol. The number of hydrogen-bond donors (Lipinski definition) is 2. The second-order valence-corrected chi connectivity index (χ2v) is 7.93. The Morgan fingerprint density at radius 2 is 1.73 bits per heavy atom. The number of carbonyl (C=O) groups excluding carboxylic acids is 3. The maximum absolute atomic E-state index is 13.6. The van der Waals surface area contributed by atoms with E-state index in [1.165, 1.54) is 36.4 Å². The number of Topliss-reactive ketones (excluding diaryl/α,β-unsaturated/α-hetero) is 1. The fraction of sp³-hybridized carbons (Fsp3) is 0.208. The normalized spacial score (nSPS) is 14.1. The molecule has 1 fully saturated rings. The summed E-state index contributed by atoms with van der Waals surface area (Å²) in [7, 11) is 1.34. The Morgan fingerprint density at radius 1 is 0.939 bits per heavy atom. The van der Waals surface area contributed by atoms with E-state index < -0.39 is 23.5 Å². The van der Waals surface area contributed by atoms with Crippen molar-refractivity contribution in [3.05, 3.63) is 65.7 Å². The number of piperazine rings is 1. The Labute approximate surface area is 187 Å². The molecule has 2 aromatic heterocycles. The maximum atomic E-state index is 13.6. The number of methoxy groups -OCH3 is 1. The minimum atomic E-state index is -0.666. The van der Waals surface area contributed by atoms with Crippen molar-refractivity contribution in [2.45, 2.75) is 0 Å². The van der Waals surface area contributed by atoms with Crippen LogP contribution in [0.3, 0.4) is 0 Å². The van der Waals surface area contributed by atoms with Crippen LogP contribution in [0.1, 0.15) is 20.7 Å². The first-order valence-corrected chi connectivity index (χ1v) is 10.5. The van der Waals surface area contributed by atoms with Crippen LogP contribution in [0.25, 0.3) is 21.8 Å². The summed E-state index contributed by atoms with van der Waals surface area (Å²) in [5, 5.41) is 1.35. The molecule has 8 nitrogen and oxygen atoms in total. The van der Waals surface area contributed by atoms with Crippen LogP contribution in [0.15, 0.2) is 48.8 Å². The number of fused-ring (bicyclic) bond motifs is 2. The minimum absolute atomic E-state index is 0.164. The van der Waals surface area contributed by atoms with E-state index in [-0.39, 0.29) is 5.56 Å². The molecule has 0 spiro atoms. The number of nitrogens with zero attached hydrogens (tertiary/aromatic N) is 2. The zero-order valence-corrected chi connectivity index (χ0v) is 17.9. The third-order valence-electron chi connectivity index (χ3n) is 6.06. The fourth-order valence-corrected chi connectivity index (χ4v) is 4.33. The maximum Gasteiger partial charge on any atom is 0.337 e. The van der Waals surface area contributed by atoms with Gasteiger partial charge in [0.15, 0.2) is 0 Å². The van der Waals surface area contributed by atoms with Gasteiger partial charge in [-0.3, -0.25) is 9.59 Å². The average molecular weight is 448 g/mol. The van der Waals surface area contributed by atoms with Gasteiger partial charge >= 0.3 is 5.97 Å². The van der Waals surface area contributed by atoms with Crippen molar-refractivity contribution in [2.24, 2.45) is 0 Å². The molecule has 33 heavy (non-hydrogen) atoms. The molecule has 1 aliphatic heterocycles. The van der Waals surface area contributed by atoms with Crippen molar-refractivity contribution >= 4 is 45.2 Å². The van der Waals surface area contributed by atoms with Gasteiger partial charge in [0.25, 0.3) is 11.7 Å². The van der Waals surface area contributed by atoms with Crippen LogP contribution < -0.4 is 4.90 Å². The lowest BCUT2D eigenvalue weighted by Gasteiger charge is -2.36. The predicted octanol–water partition coefficient (Wildman–Crippen LogP) is 3.11. The van der Waals surface area contributed by atoms with E-state index in [2.05, 4.69) is 14.9 Å². The summed E-state index contributed by atoms with van der Waals surface area (Å²) in [6, 6.07) is 9.54. The quantitative estimate of drug-likeness (QED) is 0.284. The van der Waals surface area contributed by atoms with Crippen LogP contribution in [-0.4, -0.2) is 65.8 Å². The number of H-pyrrole nitrogens is 2. The molecule has 0 radical (unpaired) electrons. The van der Waals surface area contributed by atoms with Gasteiger partial charge in [0, 0.05) is 66.1 Å². The van der Waals surface area contributed by atoms with Crippen LogP contribution >= 0.6 is 0 Å². The van der Waals surface area contributed by atoms with Gasteiger partial charge in [0.2, 0.25) is 0 Å². The number of esters is 1. The molecule has 5 rings (SSSR count). The van der Waals surface area contributed by atoms with Crippen LogP contribution in [0, 0.1) is 5.82 Å². The standard InChI is InChI=1S/C24H21FN4O4/c1-33-24(32)14-10-20-16(4-5-26-20)21(11-14)28-6-8-29(9-7-28)23(31)22(30)18-13-27-19-3-2-15(25)12-17(18)19/h2-5,10-13,26-27H,6-9H2,1H3. The number of hydrogen-bond acceptors (Lipinski definition) is 5. The third-order valence-corrected chi connectivity index (χ3v) is 6.06. The summed E-state index contributed by atoms with van der Waals surface area (Å²) in [5.41, 5.74) is 2.87. The Kier molecular flexibility index (Phi) is 5.08. The third kappa shape index (κ3) is 3.61. The van der Waals surface area contributed by atoms with Crippen molar-refractivity contribution < 1.29 is 23.5 Å². The van der Waals surface area contributed by atoms with Crippen LogP contribution in [0.5, 0.6) is 0 Å². The van der Waals surface area contributed by atoms with Crippen molar-refractivity contribution in [1.29, 1.82) is 0 Å². The molecule has 0 aliphatic carbocycles. The highest BCUT2D eigenvalue weighted by molar-refractivity contribution is 6.44. The van der Waals surface area contributed by atoms with E-state index in [1.807, 2.05) is 6.07 Å². The molecule has 3 heterocycles. The Balaban J connectivity index is 1.34. The molecule has 1 amide bonds. The first-order valence-electron chi connectivity index (χ1n) is 10.5. The Hall–Kier alpha value is -4.14. The number of halogens is 1. The van der Waals surface area contributed by atoms with Gasteiger partial charge in [0.1, 0.15) is 5.82 Å². The Bertz CT molecular complexity index is 1400. The molecule has 1 saturated heterocycles. The van der Waals surface area contributed by atoms with Crippen molar-refractivity contribution in [1.82, 2.24) is 14.9 Å². The second-order valence-electron chi connectivity index (χ2n) is 7.93. The molecular weight excluding hydrogens is 427 g/mol. The van der Waals surface area contributed by atoms with E-state index in [1.54, 1.807) is 18.3 Å². The largest absolute Gasteiger partial charge is 0.465 e. The lowest BCUT2D eigenvalue weighted by Crippen LogP contribution is -2.50. The minimum Gasteiger partial charge on any atom is -0.465 e. The topological polar surface area (TPSA) is 98.5 Å². The van der Waals surface area contributed by atoms with Gasteiger partial charge < -0.3 is 24.5 Å². The molecule has 0 atom stereocenters. The van der Waals surface area contributed by atoms with E-state index in [4.69, 9.17) is 4.74 Å². The second kappa shape index (κ2) is 8.09. The highest BCUT2D eigenvalue weighted by Gasteiger charge is 2.29. The number of rotatable bonds is 4. The number of ether oxygens (including phenoxy) is 1. The lowest BCUT2D eigenvalue weighted by molar-refractivity contribution is -0.126. The van der Waals surface area contributed by atoms with Crippen LogP contribution in [0.2, 0.25) is 0 Å². The van der Waals surface area contributed by atoms with Crippen molar-refractivity contribution in [3.63, 3.8) is 0 Å². The van der Waals surface area contributed by atoms with Crippen LogP contribution in [-0.2, 0) is 9.53 Å². The molecule has 0 saturated carbocycles. The number of benzene rings is 2. The molecule has 2 aromatic carbocycles. The number of aromatic amines is 2. The van der Waals surface area contributed by atoms with E-state index in [9.17, 15) is 18.8 Å². The number of ketones is 1. The van der Waals surface area contributed by atoms with E-state index in [0.717, 1.165) is 16.6 Å². The number of aromatic nitrogens is 2. The number of anilines is 1. The van der Waals surface area contributed by atoms with Gasteiger partial charge in [-0.05, 0) is 36.4 Å². The molecule has 4 aromatic rings. The Morgan fingerprint density at radius 3 is 2.48 bits per heavy atom. The number of amides is 1. The van der Waals surface area contributed by atoms with E-state index in [0.29, 0.717) is 42.6 Å². The summed E-state index contributed by atoms with van der Waals surface area (Å²) < 4.78 is 18.5. The lowest BCUT2D eigenvalue weighted by atomic mass is 10.1. The summed E-state index contributed by atoms with van der Waals surface area (Å²) >= 11 is 0. The number of nitrogens with one attached hydrogen (secondary N) is 2. The zero-order valence-electron chi connectivity index (χ0n) is 17.9. The summed E-state index contributed by atoms with van der Waals surface area (Å²) in [4.78, 5) is 47.5. The van der Waals surface area contributed by atoms with Gasteiger partial charge in [0.05, 0.1) is 18.2 Å². The highest BCUT2D eigenvalue weighted by atomic mass is 19.1. The molecule has 168 valence electrons. The van der Waals surface area contributed by atoms with Gasteiger partial charge in [-0.2, -0.15) is 0 Å². The van der Waals surface area contributed by atoms with Gasteiger partial charge in [-0.25, -0.2) is 9.18 Å².